The van der Waals surface area contributed by atoms with Gasteiger partial charge in [0.25, 0.3) is 0 Å². The molecule has 31 heavy (non-hydrogen) atoms. The van der Waals surface area contributed by atoms with Crippen LogP contribution in [0.1, 0.15) is 39.2 Å². The molecule has 7 nitrogen and oxygen atoms in total. The predicted octanol–water partition coefficient (Wildman–Crippen LogP) is 4.28. The quantitative estimate of drug-likeness (QED) is 0.768. The van der Waals surface area contributed by atoms with E-state index in [1.807, 2.05) is 20.8 Å². The number of hydrogen-bond donors (Lipinski definition) is 1. The van der Waals surface area contributed by atoms with Gasteiger partial charge in [-0.3, -0.25) is 4.79 Å². The zero-order valence-electron chi connectivity index (χ0n) is 18.1. The van der Waals surface area contributed by atoms with E-state index in [-0.39, 0.29) is 24.5 Å². The minimum absolute atomic E-state index is 0.0793. The fourth-order valence-corrected chi connectivity index (χ4v) is 3.27. The van der Waals surface area contributed by atoms with Gasteiger partial charge in [-0.15, -0.1) is 0 Å². The van der Waals surface area contributed by atoms with Crippen LogP contribution in [-0.2, 0) is 16.1 Å². The van der Waals surface area contributed by atoms with Gasteiger partial charge >= 0.3 is 6.09 Å². The van der Waals surface area contributed by atoms with Crippen LogP contribution < -0.4 is 10.1 Å². The maximum absolute atomic E-state index is 13.4. The molecule has 1 aliphatic heterocycles. The van der Waals surface area contributed by atoms with Crippen LogP contribution in [0.3, 0.4) is 0 Å². The van der Waals surface area contributed by atoms with Gasteiger partial charge in [0.2, 0.25) is 11.8 Å². The van der Waals surface area contributed by atoms with E-state index in [4.69, 9.17) is 9.47 Å². The van der Waals surface area contributed by atoms with Crippen LogP contribution in [0.15, 0.2) is 42.6 Å². The molecule has 0 radical (unpaired) electrons. The van der Waals surface area contributed by atoms with Crippen molar-refractivity contribution in [2.75, 3.05) is 13.1 Å². The molecule has 0 bridgehead atoms. The number of carbonyl (C=O) groups excluding carboxylic acids is 2. The third kappa shape index (κ3) is 6.67. The molecule has 0 atom stereocenters. The largest absolute Gasteiger partial charge is 0.444 e. The van der Waals surface area contributed by atoms with Crippen LogP contribution in [0.5, 0.6) is 11.6 Å². The number of nitrogens with zero attached hydrogens (tertiary/aromatic N) is 2. The lowest BCUT2D eigenvalue weighted by Gasteiger charge is -2.32. The lowest BCUT2D eigenvalue weighted by Crippen LogP contribution is -2.44. The van der Waals surface area contributed by atoms with E-state index in [0.29, 0.717) is 43.1 Å². The summed E-state index contributed by atoms with van der Waals surface area (Å²) >= 11 is 0. The Labute approximate surface area is 181 Å². The highest BCUT2D eigenvalue weighted by Crippen LogP contribution is 2.24. The van der Waals surface area contributed by atoms with Gasteiger partial charge in [-0.25, -0.2) is 14.2 Å². The highest BCUT2D eigenvalue weighted by molar-refractivity contribution is 5.79. The molecule has 1 N–H and O–H groups in total. The minimum Gasteiger partial charge on any atom is -0.444 e. The van der Waals surface area contributed by atoms with E-state index in [1.165, 1.54) is 12.1 Å². The van der Waals surface area contributed by atoms with Crippen molar-refractivity contribution in [1.82, 2.24) is 15.2 Å². The number of piperidine rings is 1. The third-order valence-corrected chi connectivity index (χ3v) is 4.83. The van der Waals surface area contributed by atoms with E-state index in [1.54, 1.807) is 35.4 Å². The Kier molecular flexibility index (Phi) is 7.09. The van der Waals surface area contributed by atoms with Crippen LogP contribution in [0.2, 0.25) is 0 Å². The Balaban J connectivity index is 1.52. The number of halogens is 1. The monoisotopic (exact) mass is 429 g/mol. The topological polar surface area (TPSA) is 80.8 Å². The molecule has 0 unspecified atom stereocenters. The van der Waals surface area contributed by atoms with E-state index in [2.05, 4.69) is 10.3 Å². The summed E-state index contributed by atoms with van der Waals surface area (Å²) in [5.74, 6) is -0.0118. The first-order valence-electron chi connectivity index (χ1n) is 10.3. The number of carbonyl (C=O) groups is 2. The minimum atomic E-state index is -0.541. The van der Waals surface area contributed by atoms with Crippen LogP contribution in [-0.4, -0.2) is 40.6 Å². The summed E-state index contributed by atoms with van der Waals surface area (Å²) in [6, 6.07) is 9.35. The van der Waals surface area contributed by atoms with E-state index < -0.39 is 11.4 Å². The molecule has 1 aromatic carbocycles. The highest BCUT2D eigenvalue weighted by Gasteiger charge is 2.29. The van der Waals surface area contributed by atoms with Crippen molar-refractivity contribution in [3.8, 4) is 11.6 Å². The van der Waals surface area contributed by atoms with Crippen LogP contribution in [0.4, 0.5) is 9.18 Å². The number of ether oxygens (including phenoxy) is 2. The van der Waals surface area contributed by atoms with Crippen molar-refractivity contribution in [3.05, 3.63) is 54.0 Å². The standard InChI is InChI=1S/C23H28FN3O4/c1-23(2,3)31-22(29)27-12-9-16(10-13-27)20(28)26-15-17-6-5-11-25-21(17)30-19-8-4-7-18(24)14-19/h4-8,11,14,16H,9-10,12-13,15H2,1-3H3,(H,26,28). The van der Waals surface area contributed by atoms with Gasteiger partial charge in [-0.05, 0) is 51.8 Å². The summed E-state index contributed by atoms with van der Waals surface area (Å²) in [5, 5.41) is 2.92. The third-order valence-electron chi connectivity index (χ3n) is 4.83. The van der Waals surface area contributed by atoms with Gasteiger partial charge in [-0.2, -0.15) is 0 Å². The average molecular weight is 429 g/mol. The number of amides is 2. The maximum atomic E-state index is 13.4. The first-order chi connectivity index (χ1) is 14.7. The van der Waals surface area contributed by atoms with Crippen LogP contribution in [0.25, 0.3) is 0 Å². The number of nitrogens with one attached hydrogen (secondary N) is 1. The molecule has 1 aliphatic rings. The molecule has 8 heteroatoms. The summed E-state index contributed by atoms with van der Waals surface area (Å²) < 4.78 is 24.5. The number of aromatic nitrogens is 1. The summed E-state index contributed by atoms with van der Waals surface area (Å²) in [6.07, 6.45) is 2.38. The van der Waals surface area contributed by atoms with Gasteiger partial charge in [0.05, 0.1) is 0 Å². The molecule has 0 saturated carbocycles. The Morgan fingerprint density at radius 1 is 1.19 bits per heavy atom. The number of pyridine rings is 1. The number of likely N-dealkylation sites (tertiary alicyclic amines) is 1. The Hall–Kier alpha value is -3.16. The summed E-state index contributed by atoms with van der Waals surface area (Å²) in [5.41, 5.74) is 0.145. The molecule has 2 heterocycles. The SMILES string of the molecule is CC(C)(C)OC(=O)N1CCC(C(=O)NCc2cccnc2Oc2cccc(F)c2)CC1. The van der Waals surface area contributed by atoms with Crippen molar-refractivity contribution < 1.29 is 23.5 Å². The van der Waals surface area contributed by atoms with Gasteiger partial charge in [-0.1, -0.05) is 12.1 Å². The molecule has 0 aliphatic carbocycles. The fourth-order valence-electron chi connectivity index (χ4n) is 3.27. The van der Waals surface area contributed by atoms with Gasteiger partial charge in [0, 0.05) is 43.4 Å². The molecule has 3 rings (SSSR count). The number of benzene rings is 1. The average Bonchev–Trinajstić information content (AvgIpc) is 2.72. The second-order valence-corrected chi connectivity index (χ2v) is 8.49. The van der Waals surface area contributed by atoms with Crippen LogP contribution in [0, 0.1) is 11.7 Å². The molecule has 2 aromatic rings. The molecule has 1 fully saturated rings. The number of rotatable bonds is 5. The molecular formula is C23H28FN3O4. The molecule has 1 saturated heterocycles. The zero-order chi connectivity index (χ0) is 22.4. The van der Waals surface area contributed by atoms with Gasteiger partial charge in [0.1, 0.15) is 17.2 Å². The normalized spacial score (nSPS) is 14.8. The van der Waals surface area contributed by atoms with Crippen molar-refractivity contribution >= 4 is 12.0 Å². The van der Waals surface area contributed by atoms with Gasteiger partial charge < -0.3 is 19.7 Å². The van der Waals surface area contributed by atoms with E-state index in [9.17, 15) is 14.0 Å². The maximum Gasteiger partial charge on any atom is 0.410 e. The van der Waals surface area contributed by atoms with E-state index >= 15 is 0 Å². The second kappa shape index (κ2) is 9.76. The fraction of sp³-hybridized carbons (Fsp3) is 0.435. The van der Waals surface area contributed by atoms with Gasteiger partial charge in [0.15, 0.2) is 0 Å². The first-order valence-corrected chi connectivity index (χ1v) is 10.3. The Morgan fingerprint density at radius 2 is 1.94 bits per heavy atom. The van der Waals surface area contributed by atoms with Crippen molar-refractivity contribution in [3.63, 3.8) is 0 Å². The molecule has 2 amide bonds. The highest BCUT2D eigenvalue weighted by atomic mass is 19.1. The van der Waals surface area contributed by atoms with Crippen molar-refractivity contribution in [1.29, 1.82) is 0 Å². The van der Waals surface area contributed by atoms with Crippen molar-refractivity contribution in [2.24, 2.45) is 5.92 Å². The number of hydrogen-bond acceptors (Lipinski definition) is 5. The zero-order valence-corrected chi connectivity index (χ0v) is 18.1. The summed E-state index contributed by atoms with van der Waals surface area (Å²) in [4.78, 5) is 30.6. The first kappa shape index (κ1) is 22.5. The lowest BCUT2D eigenvalue weighted by molar-refractivity contribution is -0.126. The Morgan fingerprint density at radius 3 is 2.61 bits per heavy atom. The molecule has 1 aromatic heterocycles. The predicted molar refractivity (Wildman–Crippen MR) is 113 cm³/mol. The molecule has 0 spiro atoms. The molecule has 166 valence electrons. The summed E-state index contributed by atoms with van der Waals surface area (Å²) in [6.45, 7) is 6.69. The van der Waals surface area contributed by atoms with Crippen molar-refractivity contribution in [2.45, 2.75) is 45.8 Å². The summed E-state index contributed by atoms with van der Waals surface area (Å²) in [7, 11) is 0. The lowest BCUT2D eigenvalue weighted by atomic mass is 9.96. The Bertz CT molecular complexity index is 921. The van der Waals surface area contributed by atoms with E-state index in [0.717, 1.165) is 0 Å². The second-order valence-electron chi connectivity index (χ2n) is 8.49. The smallest absolute Gasteiger partial charge is 0.410 e. The van der Waals surface area contributed by atoms with Crippen LogP contribution >= 0.6 is 0 Å². The molecular weight excluding hydrogens is 401 g/mol.